The average molecular weight is 192 g/mol. The van der Waals surface area contributed by atoms with E-state index in [2.05, 4.69) is 4.98 Å². The Balaban J connectivity index is 2.55. The predicted molar refractivity (Wildman–Crippen MR) is 50.2 cm³/mol. The standard InChI is InChI=1S/C9H8N2O3/c10-9(13)14-8-4-11-7-2-1-5(12)3-6(7)8/h1-4,11-12H,(H2,10,13). The molecule has 0 saturated heterocycles. The number of nitrogens with two attached hydrogens (primary N) is 1. The van der Waals surface area contributed by atoms with E-state index in [1.165, 1.54) is 18.3 Å². The van der Waals surface area contributed by atoms with Crippen LogP contribution in [0, 0.1) is 0 Å². The Morgan fingerprint density at radius 2 is 2.29 bits per heavy atom. The van der Waals surface area contributed by atoms with E-state index in [9.17, 15) is 9.90 Å². The van der Waals surface area contributed by atoms with E-state index in [1.807, 2.05) is 0 Å². The number of hydrogen-bond acceptors (Lipinski definition) is 3. The SMILES string of the molecule is NC(=O)Oc1c[nH]c2ccc(O)cc12. The van der Waals surface area contributed by atoms with Crippen LogP contribution in [0.4, 0.5) is 4.79 Å². The van der Waals surface area contributed by atoms with Crippen LogP contribution in [0.25, 0.3) is 10.9 Å². The zero-order valence-corrected chi connectivity index (χ0v) is 7.15. The second kappa shape index (κ2) is 2.95. The number of aromatic nitrogens is 1. The summed E-state index contributed by atoms with van der Waals surface area (Å²) in [5, 5.41) is 9.84. The lowest BCUT2D eigenvalue weighted by Crippen LogP contribution is -2.15. The van der Waals surface area contributed by atoms with E-state index in [-0.39, 0.29) is 5.75 Å². The van der Waals surface area contributed by atoms with Crippen molar-refractivity contribution in [2.45, 2.75) is 0 Å². The molecule has 2 aromatic rings. The average Bonchev–Trinajstić information content (AvgIpc) is 2.47. The third-order valence-electron chi connectivity index (χ3n) is 1.84. The van der Waals surface area contributed by atoms with Crippen LogP contribution in [-0.2, 0) is 0 Å². The first kappa shape index (κ1) is 8.43. The maximum atomic E-state index is 10.5. The van der Waals surface area contributed by atoms with Crippen LogP contribution < -0.4 is 10.5 Å². The molecule has 1 amide bonds. The van der Waals surface area contributed by atoms with Crippen molar-refractivity contribution in [2.24, 2.45) is 5.73 Å². The fourth-order valence-electron chi connectivity index (χ4n) is 1.28. The smallest absolute Gasteiger partial charge is 0.410 e. The van der Waals surface area contributed by atoms with Gasteiger partial charge >= 0.3 is 6.09 Å². The Hall–Kier alpha value is -2.17. The van der Waals surface area contributed by atoms with Crippen molar-refractivity contribution in [1.29, 1.82) is 0 Å². The van der Waals surface area contributed by atoms with Gasteiger partial charge in [-0.15, -0.1) is 0 Å². The van der Waals surface area contributed by atoms with Crippen molar-refractivity contribution >= 4 is 17.0 Å². The van der Waals surface area contributed by atoms with Crippen molar-refractivity contribution in [2.75, 3.05) is 0 Å². The van der Waals surface area contributed by atoms with Crippen molar-refractivity contribution in [3.8, 4) is 11.5 Å². The van der Waals surface area contributed by atoms with Gasteiger partial charge in [0.05, 0.1) is 0 Å². The summed E-state index contributed by atoms with van der Waals surface area (Å²) in [6.07, 6.45) is 0.628. The van der Waals surface area contributed by atoms with Gasteiger partial charge in [0.25, 0.3) is 0 Å². The highest BCUT2D eigenvalue weighted by molar-refractivity contribution is 5.89. The van der Waals surface area contributed by atoms with Gasteiger partial charge in [-0.3, -0.25) is 0 Å². The molecule has 14 heavy (non-hydrogen) atoms. The van der Waals surface area contributed by atoms with Gasteiger partial charge in [-0.2, -0.15) is 0 Å². The molecule has 0 aliphatic heterocycles. The van der Waals surface area contributed by atoms with Crippen molar-refractivity contribution in [3.63, 3.8) is 0 Å². The number of nitrogens with one attached hydrogen (secondary N) is 1. The fraction of sp³-hybridized carbons (Fsp3) is 0. The number of primary amides is 1. The number of fused-ring (bicyclic) bond motifs is 1. The van der Waals surface area contributed by atoms with Crippen molar-refractivity contribution in [3.05, 3.63) is 24.4 Å². The number of rotatable bonds is 1. The minimum Gasteiger partial charge on any atom is -0.508 e. The molecule has 1 aromatic carbocycles. The molecule has 2 rings (SSSR count). The molecule has 0 aliphatic rings. The molecule has 0 aliphatic carbocycles. The topological polar surface area (TPSA) is 88.3 Å². The molecule has 1 aromatic heterocycles. The number of ether oxygens (including phenoxy) is 1. The molecule has 72 valence electrons. The molecule has 0 unspecified atom stereocenters. The molecule has 1 heterocycles. The Morgan fingerprint density at radius 1 is 1.50 bits per heavy atom. The summed E-state index contributed by atoms with van der Waals surface area (Å²) in [5.74, 6) is 0.412. The van der Waals surface area contributed by atoms with E-state index < -0.39 is 6.09 Å². The number of carbonyl (C=O) groups is 1. The van der Waals surface area contributed by atoms with Crippen molar-refractivity contribution in [1.82, 2.24) is 4.98 Å². The largest absolute Gasteiger partial charge is 0.508 e. The van der Waals surface area contributed by atoms with Gasteiger partial charge in [-0.1, -0.05) is 0 Å². The summed E-state index contributed by atoms with van der Waals surface area (Å²) in [7, 11) is 0. The molecule has 0 saturated carbocycles. The maximum absolute atomic E-state index is 10.5. The van der Waals surface area contributed by atoms with Crippen LogP contribution >= 0.6 is 0 Å². The summed E-state index contributed by atoms with van der Waals surface area (Å²) < 4.78 is 4.72. The highest BCUT2D eigenvalue weighted by atomic mass is 16.5. The minimum absolute atomic E-state index is 0.103. The Labute approximate surface area is 79.1 Å². The van der Waals surface area contributed by atoms with Gasteiger partial charge in [0.1, 0.15) is 5.75 Å². The van der Waals surface area contributed by atoms with Crippen LogP contribution in [0.2, 0.25) is 0 Å². The molecule has 0 radical (unpaired) electrons. The summed E-state index contributed by atoms with van der Waals surface area (Å²) in [5.41, 5.74) is 5.64. The first-order valence-corrected chi connectivity index (χ1v) is 3.94. The lowest BCUT2D eigenvalue weighted by molar-refractivity contribution is 0.211. The lowest BCUT2D eigenvalue weighted by atomic mass is 10.2. The molecule has 4 N–H and O–H groups in total. The van der Waals surface area contributed by atoms with Crippen LogP contribution in [0.15, 0.2) is 24.4 Å². The lowest BCUT2D eigenvalue weighted by Gasteiger charge is -1.97. The number of aromatic hydroxyl groups is 1. The van der Waals surface area contributed by atoms with Gasteiger partial charge in [0.15, 0.2) is 5.75 Å². The fourth-order valence-corrected chi connectivity index (χ4v) is 1.28. The highest BCUT2D eigenvalue weighted by Crippen LogP contribution is 2.28. The van der Waals surface area contributed by atoms with Crippen LogP contribution in [0.1, 0.15) is 0 Å². The number of hydrogen-bond donors (Lipinski definition) is 3. The van der Waals surface area contributed by atoms with Crippen LogP contribution in [0.5, 0.6) is 11.5 Å². The Bertz CT molecular complexity index is 490. The molecule has 0 fully saturated rings. The van der Waals surface area contributed by atoms with Gasteiger partial charge in [-0.05, 0) is 18.2 Å². The molecule has 0 atom stereocenters. The first-order valence-electron chi connectivity index (χ1n) is 3.94. The summed E-state index contributed by atoms with van der Waals surface area (Å²) in [4.78, 5) is 13.4. The number of aromatic amines is 1. The number of H-pyrrole nitrogens is 1. The van der Waals surface area contributed by atoms with Crippen LogP contribution in [0.3, 0.4) is 0 Å². The summed E-state index contributed by atoms with van der Waals surface area (Å²) in [6, 6.07) is 4.70. The second-order valence-corrected chi connectivity index (χ2v) is 2.80. The molecular formula is C9H8N2O3. The van der Waals surface area contributed by atoms with E-state index in [4.69, 9.17) is 10.5 Å². The monoisotopic (exact) mass is 192 g/mol. The zero-order valence-electron chi connectivity index (χ0n) is 7.15. The maximum Gasteiger partial charge on any atom is 0.410 e. The quantitative estimate of drug-likeness (QED) is 0.636. The van der Waals surface area contributed by atoms with Gasteiger partial charge in [-0.25, -0.2) is 4.79 Å². The molecule has 5 nitrogen and oxygen atoms in total. The summed E-state index contributed by atoms with van der Waals surface area (Å²) >= 11 is 0. The second-order valence-electron chi connectivity index (χ2n) is 2.80. The molecule has 0 spiro atoms. The molecule has 5 heteroatoms. The Morgan fingerprint density at radius 3 is 3.00 bits per heavy atom. The van der Waals surface area contributed by atoms with E-state index in [1.54, 1.807) is 6.07 Å². The van der Waals surface area contributed by atoms with E-state index >= 15 is 0 Å². The third kappa shape index (κ3) is 1.35. The highest BCUT2D eigenvalue weighted by Gasteiger charge is 2.07. The normalized spacial score (nSPS) is 10.3. The van der Waals surface area contributed by atoms with Crippen LogP contribution in [-0.4, -0.2) is 16.2 Å². The van der Waals surface area contributed by atoms with E-state index in [0.717, 1.165) is 5.52 Å². The zero-order chi connectivity index (χ0) is 10.1. The number of carbonyl (C=O) groups excluding carboxylic acids is 1. The third-order valence-corrected chi connectivity index (χ3v) is 1.84. The van der Waals surface area contributed by atoms with Gasteiger partial charge < -0.3 is 20.6 Å². The minimum atomic E-state index is -0.880. The predicted octanol–water partition coefficient (Wildman–Crippen LogP) is 1.33. The number of phenolic OH excluding ortho intramolecular Hbond substituents is 1. The number of amides is 1. The van der Waals surface area contributed by atoms with Gasteiger partial charge in [0, 0.05) is 17.1 Å². The van der Waals surface area contributed by atoms with Crippen molar-refractivity contribution < 1.29 is 14.6 Å². The summed E-state index contributed by atoms with van der Waals surface area (Å²) in [6.45, 7) is 0. The van der Waals surface area contributed by atoms with Gasteiger partial charge in [0.2, 0.25) is 0 Å². The number of phenols is 1. The number of benzene rings is 1. The van der Waals surface area contributed by atoms with E-state index in [0.29, 0.717) is 11.1 Å². The first-order chi connectivity index (χ1) is 6.66. The molecular weight excluding hydrogens is 184 g/mol. The Kier molecular flexibility index (Phi) is 1.78. The molecule has 0 bridgehead atoms.